The number of anilines is 1. The summed E-state index contributed by atoms with van der Waals surface area (Å²) >= 11 is 0. The molecule has 2 heterocycles. The van der Waals surface area contributed by atoms with E-state index < -0.39 is 24.0 Å². The van der Waals surface area contributed by atoms with Gasteiger partial charge in [0.05, 0.1) is 23.5 Å². The summed E-state index contributed by atoms with van der Waals surface area (Å²) in [6.07, 6.45) is -2.63. The van der Waals surface area contributed by atoms with Crippen molar-refractivity contribution in [3.8, 4) is 0 Å². The van der Waals surface area contributed by atoms with Crippen LogP contribution < -0.4 is 10.6 Å². The number of hydrogen-bond acceptors (Lipinski definition) is 4. The first-order valence-corrected chi connectivity index (χ1v) is 10.9. The number of pyridine rings is 1. The largest absolute Gasteiger partial charge is 0.414 e. The van der Waals surface area contributed by atoms with Crippen molar-refractivity contribution in [3.05, 3.63) is 59.4 Å². The van der Waals surface area contributed by atoms with E-state index >= 15 is 0 Å². The first-order valence-electron chi connectivity index (χ1n) is 10.9. The number of amides is 2. The lowest BCUT2D eigenvalue weighted by Gasteiger charge is -2.32. The van der Waals surface area contributed by atoms with Crippen molar-refractivity contribution in [3.63, 3.8) is 0 Å². The smallest absolute Gasteiger partial charge is 0.380 e. The Morgan fingerprint density at radius 3 is 2.52 bits per heavy atom. The summed E-state index contributed by atoms with van der Waals surface area (Å²) in [7, 11) is 1.11. The number of carbonyl (C=O) groups excluding carboxylic acids is 2. The zero-order chi connectivity index (χ0) is 24.0. The predicted molar refractivity (Wildman–Crippen MR) is 118 cm³/mol. The van der Waals surface area contributed by atoms with Crippen LogP contribution in [0, 0.1) is 5.92 Å². The molecule has 2 aromatic rings. The van der Waals surface area contributed by atoms with Gasteiger partial charge in [0.25, 0.3) is 0 Å². The molecule has 1 saturated heterocycles. The monoisotopic (exact) mass is 460 g/mol. The van der Waals surface area contributed by atoms with Crippen molar-refractivity contribution in [2.24, 2.45) is 5.92 Å². The number of nitrogens with one attached hydrogen (secondary N) is 2. The molecule has 1 aliphatic heterocycles. The molecule has 2 amide bonds. The summed E-state index contributed by atoms with van der Waals surface area (Å²) in [4.78, 5) is 28.7. The van der Waals surface area contributed by atoms with Gasteiger partial charge in [-0.2, -0.15) is 13.2 Å². The molecule has 33 heavy (non-hydrogen) atoms. The molecule has 2 N–H and O–H groups in total. The van der Waals surface area contributed by atoms with Crippen molar-refractivity contribution in [2.75, 3.05) is 18.9 Å². The fourth-order valence-corrected chi connectivity index (χ4v) is 4.86. The third-order valence-electron chi connectivity index (χ3n) is 6.79. The standard InChI is InChI=1S/C24H27F3N4O2/c1-23(2)17-7-5-4-6-14(17)10-19(23)30-16-8-9-18(28-13-16)21(24(25,26)27)31(3)22(33)15-11-20(32)29-12-15/h4-9,13,15,19,21,30H,10-12H2,1-3H3,(H,29,32)/t15-,19+,21+/m1/s1. The Morgan fingerprint density at radius 1 is 1.21 bits per heavy atom. The third kappa shape index (κ3) is 4.41. The Bertz CT molecular complexity index is 1050. The highest BCUT2D eigenvalue weighted by molar-refractivity contribution is 5.89. The van der Waals surface area contributed by atoms with Crippen LogP contribution in [0.2, 0.25) is 0 Å². The van der Waals surface area contributed by atoms with Gasteiger partial charge in [0.1, 0.15) is 0 Å². The number of alkyl halides is 3. The summed E-state index contributed by atoms with van der Waals surface area (Å²) in [6, 6.07) is 8.95. The average molecular weight is 461 g/mol. The predicted octanol–water partition coefficient (Wildman–Crippen LogP) is 3.59. The van der Waals surface area contributed by atoms with Crippen molar-refractivity contribution in [1.82, 2.24) is 15.2 Å². The molecule has 1 aliphatic carbocycles. The zero-order valence-electron chi connectivity index (χ0n) is 18.7. The van der Waals surface area contributed by atoms with Gasteiger partial charge < -0.3 is 15.5 Å². The van der Waals surface area contributed by atoms with Gasteiger partial charge >= 0.3 is 6.18 Å². The first kappa shape index (κ1) is 23.1. The Hall–Kier alpha value is -3.10. The molecule has 0 bridgehead atoms. The maximum atomic E-state index is 13.9. The molecule has 4 rings (SSSR count). The number of benzene rings is 1. The first-order chi connectivity index (χ1) is 15.5. The van der Waals surface area contributed by atoms with Crippen LogP contribution in [0.15, 0.2) is 42.6 Å². The van der Waals surface area contributed by atoms with Crippen molar-refractivity contribution >= 4 is 17.5 Å². The Morgan fingerprint density at radius 2 is 1.94 bits per heavy atom. The topological polar surface area (TPSA) is 74.3 Å². The number of fused-ring (bicyclic) bond motifs is 1. The molecule has 6 nitrogen and oxygen atoms in total. The van der Waals surface area contributed by atoms with Crippen LogP contribution in [-0.4, -0.2) is 47.5 Å². The minimum atomic E-state index is -4.71. The fraction of sp³-hybridized carbons (Fsp3) is 0.458. The maximum absolute atomic E-state index is 13.9. The van der Waals surface area contributed by atoms with Gasteiger partial charge in [-0.1, -0.05) is 38.1 Å². The van der Waals surface area contributed by atoms with E-state index in [1.54, 1.807) is 6.07 Å². The summed E-state index contributed by atoms with van der Waals surface area (Å²) in [6.45, 7) is 4.32. The van der Waals surface area contributed by atoms with E-state index in [9.17, 15) is 22.8 Å². The Kier molecular flexibility index (Phi) is 5.84. The molecule has 1 aromatic carbocycles. The molecule has 9 heteroatoms. The number of rotatable bonds is 5. The van der Waals surface area contributed by atoms with E-state index in [2.05, 4.69) is 41.6 Å². The lowest BCUT2D eigenvalue weighted by atomic mass is 9.83. The van der Waals surface area contributed by atoms with E-state index in [4.69, 9.17) is 0 Å². The highest BCUT2D eigenvalue weighted by Gasteiger charge is 2.48. The minimum absolute atomic E-state index is 0.0441. The summed E-state index contributed by atoms with van der Waals surface area (Å²) in [5.74, 6) is -1.87. The molecule has 3 atom stereocenters. The summed E-state index contributed by atoms with van der Waals surface area (Å²) in [5.41, 5.74) is 2.70. The second kappa shape index (κ2) is 8.35. The fourth-order valence-electron chi connectivity index (χ4n) is 4.86. The molecule has 0 spiro atoms. The van der Waals surface area contributed by atoms with Crippen LogP contribution in [0.3, 0.4) is 0 Å². The lowest BCUT2D eigenvalue weighted by molar-refractivity contribution is -0.191. The van der Waals surface area contributed by atoms with Gasteiger partial charge in [0.15, 0.2) is 6.04 Å². The van der Waals surface area contributed by atoms with E-state index in [0.717, 1.165) is 13.5 Å². The highest BCUT2D eigenvalue weighted by Crippen LogP contribution is 2.41. The normalized spacial score (nSPS) is 22.4. The van der Waals surface area contributed by atoms with Gasteiger partial charge in [0, 0.05) is 31.5 Å². The second-order valence-electron chi connectivity index (χ2n) is 9.35. The number of hydrogen-bond donors (Lipinski definition) is 2. The van der Waals surface area contributed by atoms with Crippen LogP contribution >= 0.6 is 0 Å². The van der Waals surface area contributed by atoms with Crippen molar-refractivity contribution in [1.29, 1.82) is 0 Å². The zero-order valence-corrected chi connectivity index (χ0v) is 18.7. The van der Waals surface area contributed by atoms with E-state index in [1.807, 2.05) is 12.1 Å². The van der Waals surface area contributed by atoms with Gasteiger partial charge in [-0.15, -0.1) is 0 Å². The molecule has 1 fully saturated rings. The molecule has 176 valence electrons. The number of nitrogens with zero attached hydrogens (tertiary/aromatic N) is 2. The lowest BCUT2D eigenvalue weighted by Crippen LogP contribution is -2.43. The highest BCUT2D eigenvalue weighted by atomic mass is 19.4. The van der Waals surface area contributed by atoms with E-state index in [1.165, 1.54) is 23.4 Å². The summed E-state index contributed by atoms with van der Waals surface area (Å²) in [5, 5.41) is 5.90. The molecular formula is C24H27F3N4O2. The van der Waals surface area contributed by atoms with Crippen LogP contribution in [-0.2, 0) is 21.4 Å². The summed E-state index contributed by atoms with van der Waals surface area (Å²) < 4.78 is 41.8. The second-order valence-corrected chi connectivity index (χ2v) is 9.35. The molecule has 0 radical (unpaired) electrons. The van der Waals surface area contributed by atoms with Crippen LogP contribution in [0.5, 0.6) is 0 Å². The van der Waals surface area contributed by atoms with Gasteiger partial charge in [-0.05, 0) is 29.7 Å². The maximum Gasteiger partial charge on any atom is 0.414 e. The molecule has 1 aromatic heterocycles. The van der Waals surface area contributed by atoms with E-state index in [-0.39, 0.29) is 36.0 Å². The van der Waals surface area contributed by atoms with Gasteiger partial charge in [0.2, 0.25) is 11.8 Å². The molecule has 2 aliphatic rings. The minimum Gasteiger partial charge on any atom is -0.380 e. The quantitative estimate of drug-likeness (QED) is 0.715. The number of aromatic nitrogens is 1. The molecule has 0 saturated carbocycles. The van der Waals surface area contributed by atoms with Crippen molar-refractivity contribution < 1.29 is 22.8 Å². The molecule has 0 unspecified atom stereocenters. The van der Waals surface area contributed by atoms with Gasteiger partial charge in [-0.25, -0.2) is 0 Å². The Labute approximate surface area is 190 Å². The van der Waals surface area contributed by atoms with Crippen LogP contribution in [0.4, 0.5) is 18.9 Å². The third-order valence-corrected chi connectivity index (χ3v) is 6.79. The molecular weight excluding hydrogens is 433 g/mol. The van der Waals surface area contributed by atoms with Gasteiger partial charge in [-0.3, -0.25) is 14.6 Å². The van der Waals surface area contributed by atoms with Crippen LogP contribution in [0.25, 0.3) is 0 Å². The number of halogens is 3. The van der Waals surface area contributed by atoms with Crippen molar-refractivity contribution in [2.45, 2.75) is 50.4 Å². The number of carbonyl (C=O) groups is 2. The van der Waals surface area contributed by atoms with E-state index in [0.29, 0.717) is 10.6 Å². The van der Waals surface area contributed by atoms with Crippen LogP contribution in [0.1, 0.15) is 43.1 Å². The average Bonchev–Trinajstić information content (AvgIpc) is 3.29. The Balaban J connectivity index is 1.52. The SMILES string of the molecule is CN(C(=O)[C@H]1CNC(=O)C1)[C@@H](c1ccc(N[C@H]2Cc3ccccc3C2(C)C)cn1)C(F)(F)F.